The van der Waals surface area contributed by atoms with Crippen LogP contribution in [0.2, 0.25) is 0 Å². The van der Waals surface area contributed by atoms with E-state index >= 15 is 0 Å². The van der Waals surface area contributed by atoms with Crippen LogP contribution < -0.4 is 20.7 Å². The Bertz CT molecular complexity index is 657. The van der Waals surface area contributed by atoms with Crippen LogP contribution >= 0.6 is 0 Å². The van der Waals surface area contributed by atoms with Crippen LogP contribution in [0.1, 0.15) is 0 Å². The average molecular weight is 372 g/mol. The Morgan fingerprint density at radius 3 is 2.77 bits per heavy atom. The standard InChI is InChI=1S/C16H22F2N4O4/c1-21(2)12(8-19)15(24)20-10-3-4-11(13(7-10)26-16(17)18)22-5-6-25-9-14(22)23/h3-4,7,12,16H,5-6,8-9,19H2,1-2H3,(H,20,24)/t12-/m0/s1. The van der Waals surface area contributed by atoms with Gasteiger partial charge in [0.05, 0.1) is 12.3 Å². The number of nitrogens with two attached hydrogens (primary N) is 1. The highest BCUT2D eigenvalue weighted by Gasteiger charge is 2.25. The molecule has 144 valence electrons. The van der Waals surface area contributed by atoms with Gasteiger partial charge in [0.25, 0.3) is 5.91 Å². The van der Waals surface area contributed by atoms with Crippen LogP contribution in [0.5, 0.6) is 5.75 Å². The minimum atomic E-state index is -3.07. The maximum absolute atomic E-state index is 12.8. The summed E-state index contributed by atoms with van der Waals surface area (Å²) in [4.78, 5) is 27.2. The highest BCUT2D eigenvalue weighted by atomic mass is 19.3. The molecule has 0 saturated carbocycles. The molecule has 1 aliphatic rings. The Morgan fingerprint density at radius 2 is 2.19 bits per heavy atom. The summed E-state index contributed by atoms with van der Waals surface area (Å²) in [6.45, 7) is -2.60. The van der Waals surface area contributed by atoms with E-state index in [9.17, 15) is 18.4 Å². The summed E-state index contributed by atoms with van der Waals surface area (Å²) < 4.78 is 35.2. The zero-order chi connectivity index (χ0) is 19.3. The number of benzene rings is 1. The summed E-state index contributed by atoms with van der Waals surface area (Å²) in [7, 11) is 3.41. The van der Waals surface area contributed by atoms with Gasteiger partial charge in [-0.3, -0.25) is 14.5 Å². The summed E-state index contributed by atoms with van der Waals surface area (Å²) >= 11 is 0. The van der Waals surface area contributed by atoms with E-state index in [0.29, 0.717) is 6.61 Å². The van der Waals surface area contributed by atoms with E-state index in [1.807, 2.05) is 0 Å². The van der Waals surface area contributed by atoms with Crippen molar-refractivity contribution in [2.24, 2.45) is 5.73 Å². The third-order valence-electron chi connectivity index (χ3n) is 3.87. The lowest BCUT2D eigenvalue weighted by Gasteiger charge is -2.28. The van der Waals surface area contributed by atoms with Gasteiger partial charge in [0.2, 0.25) is 5.91 Å². The van der Waals surface area contributed by atoms with Crippen molar-refractivity contribution in [3.63, 3.8) is 0 Å². The number of morpholine rings is 1. The van der Waals surface area contributed by atoms with Gasteiger partial charge >= 0.3 is 6.61 Å². The van der Waals surface area contributed by atoms with Crippen molar-refractivity contribution >= 4 is 23.2 Å². The molecule has 1 saturated heterocycles. The average Bonchev–Trinajstić information content (AvgIpc) is 2.55. The number of amides is 2. The smallest absolute Gasteiger partial charge is 0.387 e. The Kier molecular flexibility index (Phi) is 6.83. The molecule has 1 aliphatic heterocycles. The van der Waals surface area contributed by atoms with Crippen LogP contribution in [0.15, 0.2) is 18.2 Å². The molecule has 0 aliphatic carbocycles. The molecule has 0 spiro atoms. The van der Waals surface area contributed by atoms with Crippen LogP contribution in [-0.4, -0.2) is 69.8 Å². The molecule has 2 rings (SSSR count). The highest BCUT2D eigenvalue weighted by Crippen LogP contribution is 2.33. The largest absolute Gasteiger partial charge is 0.433 e. The molecule has 8 nitrogen and oxygen atoms in total. The lowest BCUT2D eigenvalue weighted by Crippen LogP contribution is -2.45. The van der Waals surface area contributed by atoms with Crippen LogP contribution in [0.4, 0.5) is 20.2 Å². The van der Waals surface area contributed by atoms with E-state index in [-0.39, 0.29) is 48.6 Å². The van der Waals surface area contributed by atoms with Crippen molar-refractivity contribution < 1.29 is 27.8 Å². The number of carbonyl (C=O) groups excluding carboxylic acids is 2. The number of nitrogens with one attached hydrogen (secondary N) is 1. The number of anilines is 2. The lowest BCUT2D eigenvalue weighted by atomic mass is 10.2. The molecule has 1 atom stereocenters. The second-order valence-electron chi connectivity index (χ2n) is 5.86. The second kappa shape index (κ2) is 8.88. The maximum atomic E-state index is 12.8. The predicted octanol–water partition coefficient (Wildman–Crippen LogP) is 0.479. The zero-order valence-corrected chi connectivity index (χ0v) is 14.6. The fraction of sp³-hybridized carbons (Fsp3) is 0.500. The van der Waals surface area contributed by atoms with Gasteiger partial charge in [-0.1, -0.05) is 0 Å². The number of alkyl halides is 2. The van der Waals surface area contributed by atoms with E-state index in [1.54, 1.807) is 19.0 Å². The first-order valence-electron chi connectivity index (χ1n) is 7.97. The van der Waals surface area contributed by atoms with Gasteiger partial charge in [0, 0.05) is 24.8 Å². The van der Waals surface area contributed by atoms with Crippen molar-refractivity contribution in [2.45, 2.75) is 12.7 Å². The van der Waals surface area contributed by atoms with E-state index in [0.717, 1.165) is 0 Å². The van der Waals surface area contributed by atoms with Crippen LogP contribution in [-0.2, 0) is 14.3 Å². The molecule has 3 N–H and O–H groups in total. The summed E-state index contributed by atoms with van der Waals surface area (Å²) in [5.74, 6) is -0.944. The van der Waals surface area contributed by atoms with Gasteiger partial charge in [-0.2, -0.15) is 8.78 Å². The normalized spacial score (nSPS) is 16.1. The molecular weight excluding hydrogens is 350 g/mol. The first-order chi connectivity index (χ1) is 12.3. The molecular formula is C16H22F2N4O4. The van der Waals surface area contributed by atoms with Crippen molar-refractivity contribution in [2.75, 3.05) is 50.6 Å². The Hall–Kier alpha value is -2.30. The molecule has 1 aromatic carbocycles. The number of ether oxygens (including phenoxy) is 2. The molecule has 2 amide bonds. The molecule has 1 heterocycles. The zero-order valence-electron chi connectivity index (χ0n) is 14.6. The molecule has 0 unspecified atom stereocenters. The Morgan fingerprint density at radius 1 is 1.46 bits per heavy atom. The maximum Gasteiger partial charge on any atom is 0.387 e. The highest BCUT2D eigenvalue weighted by molar-refractivity contribution is 5.98. The summed E-state index contributed by atoms with van der Waals surface area (Å²) in [6.07, 6.45) is 0. The number of likely N-dealkylation sites (N-methyl/N-ethyl adjacent to an activating group) is 1. The SMILES string of the molecule is CN(C)[C@@H](CN)C(=O)Nc1ccc(N2CCOCC2=O)c(OC(F)F)c1. The van der Waals surface area contributed by atoms with Crippen molar-refractivity contribution in [1.82, 2.24) is 4.90 Å². The third kappa shape index (κ3) is 4.87. The summed E-state index contributed by atoms with van der Waals surface area (Å²) in [5, 5.41) is 2.62. The molecule has 1 fully saturated rings. The number of hydrogen-bond donors (Lipinski definition) is 2. The molecule has 10 heteroatoms. The molecule has 0 aromatic heterocycles. The van der Waals surface area contributed by atoms with E-state index in [2.05, 4.69) is 10.1 Å². The first-order valence-corrected chi connectivity index (χ1v) is 7.97. The lowest BCUT2D eigenvalue weighted by molar-refractivity contribution is -0.126. The van der Waals surface area contributed by atoms with Gasteiger partial charge in [-0.25, -0.2) is 0 Å². The quantitative estimate of drug-likeness (QED) is 0.723. The number of nitrogens with zero attached hydrogens (tertiary/aromatic N) is 2. The predicted molar refractivity (Wildman–Crippen MR) is 91.4 cm³/mol. The molecule has 0 radical (unpaired) electrons. The Balaban J connectivity index is 2.27. The monoisotopic (exact) mass is 372 g/mol. The Labute approximate surface area is 149 Å². The number of hydrogen-bond acceptors (Lipinski definition) is 6. The van der Waals surface area contributed by atoms with Gasteiger partial charge < -0.3 is 25.4 Å². The van der Waals surface area contributed by atoms with E-state index in [1.165, 1.54) is 23.1 Å². The summed E-state index contributed by atoms with van der Waals surface area (Å²) in [6, 6.07) is 3.64. The van der Waals surface area contributed by atoms with Gasteiger partial charge in [-0.05, 0) is 26.2 Å². The molecule has 0 bridgehead atoms. The number of carbonyl (C=O) groups is 2. The molecule has 26 heavy (non-hydrogen) atoms. The second-order valence-corrected chi connectivity index (χ2v) is 5.86. The van der Waals surface area contributed by atoms with Crippen LogP contribution in [0, 0.1) is 0 Å². The molecule has 1 aromatic rings. The third-order valence-corrected chi connectivity index (χ3v) is 3.87. The van der Waals surface area contributed by atoms with E-state index in [4.69, 9.17) is 10.5 Å². The minimum Gasteiger partial charge on any atom is -0.433 e. The van der Waals surface area contributed by atoms with Crippen molar-refractivity contribution in [3.05, 3.63) is 18.2 Å². The van der Waals surface area contributed by atoms with Gasteiger partial charge in [-0.15, -0.1) is 0 Å². The fourth-order valence-corrected chi connectivity index (χ4v) is 2.56. The number of rotatable bonds is 7. The number of halogens is 2. The van der Waals surface area contributed by atoms with Gasteiger partial charge in [0.1, 0.15) is 12.6 Å². The topological polar surface area (TPSA) is 97.1 Å². The van der Waals surface area contributed by atoms with Crippen molar-refractivity contribution in [3.8, 4) is 5.75 Å². The van der Waals surface area contributed by atoms with Crippen molar-refractivity contribution in [1.29, 1.82) is 0 Å². The summed E-state index contributed by atoms with van der Waals surface area (Å²) in [5.41, 5.74) is 6.03. The van der Waals surface area contributed by atoms with Gasteiger partial charge in [0.15, 0.2) is 5.75 Å². The van der Waals surface area contributed by atoms with Crippen LogP contribution in [0.3, 0.4) is 0 Å². The van der Waals surface area contributed by atoms with Crippen LogP contribution in [0.25, 0.3) is 0 Å². The minimum absolute atomic E-state index is 0.0968. The fourth-order valence-electron chi connectivity index (χ4n) is 2.56. The first kappa shape index (κ1) is 20.0. The van der Waals surface area contributed by atoms with E-state index < -0.39 is 12.7 Å².